The number of hydrogen-bond acceptors (Lipinski definition) is 5. The van der Waals surface area contributed by atoms with Gasteiger partial charge in [0.25, 0.3) is 0 Å². The molecule has 1 aliphatic heterocycles. The third-order valence-corrected chi connectivity index (χ3v) is 5.57. The molecule has 4 rings (SSSR count). The summed E-state index contributed by atoms with van der Waals surface area (Å²) in [4.78, 5) is 10.1. The van der Waals surface area contributed by atoms with Crippen LogP contribution in [0.1, 0.15) is 29.6 Å². The van der Waals surface area contributed by atoms with Gasteiger partial charge in [0.2, 0.25) is 0 Å². The number of nitrogens with zero attached hydrogens (tertiary/aromatic N) is 2. The Morgan fingerprint density at radius 1 is 1.44 bits per heavy atom. The lowest BCUT2D eigenvalue weighted by atomic mass is 10.1. The summed E-state index contributed by atoms with van der Waals surface area (Å²) in [5, 5.41) is 14.8. The van der Waals surface area contributed by atoms with E-state index in [1.807, 2.05) is 37.4 Å². The van der Waals surface area contributed by atoms with Crippen LogP contribution in [0.4, 0.5) is 0 Å². The number of aliphatic hydroxyl groups is 1. The largest absolute Gasteiger partial charge is 0.490 e. The predicted molar refractivity (Wildman–Crippen MR) is 100 cm³/mol. The van der Waals surface area contributed by atoms with E-state index in [1.165, 1.54) is 0 Å². The molecule has 2 aromatic heterocycles. The average Bonchev–Trinajstić information content (AvgIpc) is 3.33. The molecule has 1 fully saturated rings. The number of likely N-dealkylation sites (tertiary alicyclic amines) is 1. The number of aliphatic hydroxyl groups excluding tert-OH is 1. The first kappa shape index (κ1) is 16.6. The van der Waals surface area contributed by atoms with E-state index in [-0.39, 0.29) is 0 Å². The molecular formula is C19H23N3O2S. The van der Waals surface area contributed by atoms with E-state index in [0.29, 0.717) is 19.2 Å². The molecule has 2 N–H and O–H groups in total. The molecule has 1 aliphatic rings. The number of thiazole rings is 1. The summed E-state index contributed by atoms with van der Waals surface area (Å²) in [5.41, 5.74) is 2.19. The average molecular weight is 357 g/mol. The number of fused-ring (bicyclic) bond motifs is 1. The van der Waals surface area contributed by atoms with E-state index in [2.05, 4.69) is 20.2 Å². The zero-order chi connectivity index (χ0) is 17.2. The highest BCUT2D eigenvalue weighted by Gasteiger charge is 2.29. The first-order chi connectivity index (χ1) is 12.2. The van der Waals surface area contributed by atoms with Crippen molar-refractivity contribution in [3.8, 4) is 5.75 Å². The molecule has 0 saturated carbocycles. The van der Waals surface area contributed by atoms with Gasteiger partial charge in [-0.3, -0.25) is 4.90 Å². The Bertz CT molecular complexity index is 844. The molecular weight excluding hydrogens is 334 g/mol. The highest BCUT2D eigenvalue weighted by atomic mass is 32.1. The molecule has 0 spiro atoms. The summed E-state index contributed by atoms with van der Waals surface area (Å²) >= 11 is 1.69. The number of aromatic amines is 1. The lowest BCUT2D eigenvalue weighted by Crippen LogP contribution is -2.35. The van der Waals surface area contributed by atoms with Crippen molar-refractivity contribution in [3.63, 3.8) is 0 Å². The summed E-state index contributed by atoms with van der Waals surface area (Å²) in [7, 11) is 0. The van der Waals surface area contributed by atoms with Crippen LogP contribution in [0.2, 0.25) is 0 Å². The summed E-state index contributed by atoms with van der Waals surface area (Å²) in [6.45, 7) is 3.96. The Hall–Kier alpha value is -1.89. The molecule has 3 heterocycles. The van der Waals surface area contributed by atoms with E-state index >= 15 is 0 Å². The molecule has 0 aliphatic carbocycles. The number of nitrogens with one attached hydrogen (secondary N) is 1. The molecule has 6 heteroatoms. The van der Waals surface area contributed by atoms with Crippen molar-refractivity contribution in [3.05, 3.63) is 46.5 Å². The maximum absolute atomic E-state index is 10.5. The fraction of sp³-hybridized carbons (Fsp3) is 0.421. The topological polar surface area (TPSA) is 61.4 Å². The van der Waals surface area contributed by atoms with Crippen LogP contribution < -0.4 is 4.74 Å². The Balaban J connectivity index is 1.37. The quantitative estimate of drug-likeness (QED) is 0.709. The molecule has 2 atom stereocenters. The maximum atomic E-state index is 10.5. The fourth-order valence-corrected chi connectivity index (χ4v) is 4.26. The highest BCUT2D eigenvalue weighted by molar-refractivity contribution is 7.09. The van der Waals surface area contributed by atoms with E-state index in [4.69, 9.17) is 4.74 Å². The first-order valence-corrected chi connectivity index (χ1v) is 9.62. The van der Waals surface area contributed by atoms with Crippen LogP contribution >= 0.6 is 11.3 Å². The number of hydrogen-bond donors (Lipinski definition) is 2. The summed E-state index contributed by atoms with van der Waals surface area (Å²) in [6.07, 6.45) is 3.64. The number of benzene rings is 1. The Morgan fingerprint density at radius 3 is 3.20 bits per heavy atom. The maximum Gasteiger partial charge on any atom is 0.128 e. The fourth-order valence-electron chi connectivity index (χ4n) is 3.60. The molecule has 0 amide bonds. The Morgan fingerprint density at radius 2 is 2.36 bits per heavy atom. The summed E-state index contributed by atoms with van der Waals surface area (Å²) < 4.78 is 5.88. The van der Waals surface area contributed by atoms with Gasteiger partial charge in [0.15, 0.2) is 0 Å². The van der Waals surface area contributed by atoms with Crippen LogP contribution in [0.25, 0.3) is 10.9 Å². The van der Waals surface area contributed by atoms with Gasteiger partial charge < -0.3 is 14.8 Å². The van der Waals surface area contributed by atoms with Crippen LogP contribution in [0.3, 0.4) is 0 Å². The van der Waals surface area contributed by atoms with Crippen molar-refractivity contribution in [2.45, 2.75) is 31.9 Å². The van der Waals surface area contributed by atoms with Crippen molar-refractivity contribution >= 4 is 22.2 Å². The van der Waals surface area contributed by atoms with Gasteiger partial charge in [-0.2, -0.15) is 0 Å². The number of H-pyrrole nitrogens is 1. The third-order valence-electron chi connectivity index (χ3n) is 4.77. The van der Waals surface area contributed by atoms with Crippen molar-refractivity contribution in [2.24, 2.45) is 0 Å². The monoisotopic (exact) mass is 357 g/mol. The van der Waals surface area contributed by atoms with E-state index < -0.39 is 6.10 Å². The van der Waals surface area contributed by atoms with E-state index in [0.717, 1.165) is 46.7 Å². The molecule has 132 valence electrons. The van der Waals surface area contributed by atoms with Gasteiger partial charge in [0.1, 0.15) is 18.5 Å². The van der Waals surface area contributed by atoms with Crippen molar-refractivity contribution in [1.29, 1.82) is 0 Å². The normalized spacial score (nSPS) is 19.5. The molecule has 0 radical (unpaired) electrons. The van der Waals surface area contributed by atoms with E-state index in [1.54, 1.807) is 11.3 Å². The van der Waals surface area contributed by atoms with Crippen LogP contribution in [0.15, 0.2) is 35.8 Å². The second-order valence-electron chi connectivity index (χ2n) is 6.60. The Kier molecular flexibility index (Phi) is 4.74. The second-order valence-corrected chi connectivity index (χ2v) is 7.67. The zero-order valence-corrected chi connectivity index (χ0v) is 15.1. The first-order valence-electron chi connectivity index (χ1n) is 8.74. The van der Waals surface area contributed by atoms with Crippen molar-refractivity contribution < 1.29 is 9.84 Å². The van der Waals surface area contributed by atoms with Gasteiger partial charge in [-0.25, -0.2) is 4.98 Å². The van der Waals surface area contributed by atoms with Crippen LogP contribution in [0.5, 0.6) is 5.75 Å². The van der Waals surface area contributed by atoms with Gasteiger partial charge in [-0.05, 0) is 44.5 Å². The summed E-state index contributed by atoms with van der Waals surface area (Å²) in [5.74, 6) is 0.811. The zero-order valence-electron chi connectivity index (χ0n) is 14.3. The number of ether oxygens (including phenoxy) is 1. The van der Waals surface area contributed by atoms with Gasteiger partial charge in [-0.15, -0.1) is 11.3 Å². The minimum Gasteiger partial charge on any atom is -0.490 e. The van der Waals surface area contributed by atoms with E-state index in [9.17, 15) is 5.11 Å². The second kappa shape index (κ2) is 7.15. The lowest BCUT2D eigenvalue weighted by molar-refractivity contribution is 0.0639. The Labute approximate surface area is 151 Å². The van der Waals surface area contributed by atoms with Crippen molar-refractivity contribution in [1.82, 2.24) is 14.9 Å². The molecule has 1 aromatic carbocycles. The van der Waals surface area contributed by atoms with Gasteiger partial charge in [0.05, 0.1) is 16.7 Å². The van der Waals surface area contributed by atoms with Gasteiger partial charge in [-0.1, -0.05) is 6.07 Å². The molecule has 1 unspecified atom stereocenters. The van der Waals surface area contributed by atoms with Crippen LogP contribution in [0, 0.1) is 6.92 Å². The summed E-state index contributed by atoms with van der Waals surface area (Å²) in [6, 6.07) is 8.25. The molecule has 0 bridgehead atoms. The number of rotatable bonds is 6. The number of β-amino-alcohol motifs (C(OH)–C–C–N with tert-alkyl or cyclic N) is 1. The van der Waals surface area contributed by atoms with Gasteiger partial charge in [0, 0.05) is 29.0 Å². The highest BCUT2D eigenvalue weighted by Crippen LogP contribution is 2.32. The molecule has 5 nitrogen and oxygen atoms in total. The SMILES string of the molecule is Cc1nc([C@H]2CCCN2CC(O)COc2cccc3[nH]ccc23)cs1. The third kappa shape index (κ3) is 3.56. The van der Waals surface area contributed by atoms with Crippen molar-refractivity contribution in [2.75, 3.05) is 19.7 Å². The number of aromatic nitrogens is 2. The lowest BCUT2D eigenvalue weighted by Gasteiger charge is -2.25. The molecule has 25 heavy (non-hydrogen) atoms. The minimum atomic E-state index is -0.519. The van der Waals surface area contributed by atoms with Gasteiger partial charge >= 0.3 is 0 Å². The van der Waals surface area contributed by atoms with Crippen LogP contribution in [-0.2, 0) is 0 Å². The number of aryl methyl sites for hydroxylation is 1. The van der Waals surface area contributed by atoms with Crippen LogP contribution in [-0.4, -0.2) is 45.8 Å². The molecule has 1 saturated heterocycles. The smallest absolute Gasteiger partial charge is 0.128 e. The molecule has 3 aromatic rings. The standard InChI is InChI=1S/C19H23N3O2S/c1-13-21-17(12-25-13)18-5-3-9-22(18)10-14(23)11-24-19-6-2-4-16-15(19)7-8-20-16/h2,4,6-8,12,14,18,20,23H,3,5,9-11H2,1H3/t14?,18-/m1/s1. The minimum absolute atomic E-state index is 0.295. The predicted octanol–water partition coefficient (Wildman–Crippen LogP) is 3.51.